The van der Waals surface area contributed by atoms with Crippen molar-refractivity contribution in [1.82, 2.24) is 9.80 Å². The molecule has 2 aliphatic heterocycles. The lowest BCUT2D eigenvalue weighted by molar-refractivity contribution is -0.132. The maximum absolute atomic E-state index is 12.5. The van der Waals surface area contributed by atoms with Crippen molar-refractivity contribution in [1.29, 1.82) is 0 Å². The highest BCUT2D eigenvalue weighted by Crippen LogP contribution is 2.31. The fourth-order valence-electron chi connectivity index (χ4n) is 3.21. The molecular weight excluding hydrogens is 306 g/mol. The van der Waals surface area contributed by atoms with Crippen LogP contribution in [0.15, 0.2) is 18.2 Å². The summed E-state index contributed by atoms with van der Waals surface area (Å²) in [5, 5.41) is 0. The molecule has 1 aromatic carbocycles. The summed E-state index contributed by atoms with van der Waals surface area (Å²) in [6, 6.07) is 5.68. The minimum atomic E-state index is 0.0351. The molecule has 0 saturated carbocycles. The van der Waals surface area contributed by atoms with E-state index >= 15 is 0 Å². The molecule has 2 aliphatic rings. The van der Waals surface area contributed by atoms with Gasteiger partial charge in [0.15, 0.2) is 0 Å². The molecule has 0 spiro atoms. The lowest BCUT2D eigenvalue weighted by Gasteiger charge is -2.34. The SMILES string of the molecule is CCN1CCN(C(=O)Cc2ccc3c(c2)N(C)C(=O)CCO3)CC1. The third kappa shape index (κ3) is 3.53. The summed E-state index contributed by atoms with van der Waals surface area (Å²) in [7, 11) is 1.76. The van der Waals surface area contributed by atoms with E-state index in [1.807, 2.05) is 23.1 Å². The first-order chi connectivity index (χ1) is 11.6. The number of ether oxygens (including phenoxy) is 1. The molecule has 1 fully saturated rings. The van der Waals surface area contributed by atoms with Crippen molar-refractivity contribution < 1.29 is 14.3 Å². The number of likely N-dealkylation sites (N-methyl/N-ethyl adjacent to an activating group) is 1. The highest BCUT2D eigenvalue weighted by Gasteiger charge is 2.23. The largest absolute Gasteiger partial charge is 0.491 e. The molecule has 0 aliphatic carbocycles. The van der Waals surface area contributed by atoms with Gasteiger partial charge in [-0.3, -0.25) is 9.59 Å². The van der Waals surface area contributed by atoms with Gasteiger partial charge in [-0.25, -0.2) is 0 Å². The van der Waals surface area contributed by atoms with E-state index in [1.54, 1.807) is 11.9 Å². The molecule has 130 valence electrons. The summed E-state index contributed by atoms with van der Waals surface area (Å²) < 4.78 is 5.63. The molecule has 0 N–H and O–H groups in total. The average Bonchev–Trinajstić information content (AvgIpc) is 2.74. The van der Waals surface area contributed by atoms with Crippen molar-refractivity contribution in [3.63, 3.8) is 0 Å². The Morgan fingerprint density at radius 1 is 1.21 bits per heavy atom. The van der Waals surface area contributed by atoms with Crippen molar-refractivity contribution in [3.05, 3.63) is 23.8 Å². The predicted octanol–water partition coefficient (Wildman–Crippen LogP) is 1.14. The van der Waals surface area contributed by atoms with Crippen LogP contribution in [0.5, 0.6) is 5.75 Å². The molecule has 6 nitrogen and oxygen atoms in total. The second-order valence-corrected chi connectivity index (χ2v) is 6.35. The van der Waals surface area contributed by atoms with Crippen LogP contribution in [-0.2, 0) is 16.0 Å². The van der Waals surface area contributed by atoms with Gasteiger partial charge in [0.25, 0.3) is 0 Å². The van der Waals surface area contributed by atoms with Crippen molar-refractivity contribution in [3.8, 4) is 5.75 Å². The van der Waals surface area contributed by atoms with Crippen LogP contribution in [0, 0.1) is 0 Å². The van der Waals surface area contributed by atoms with E-state index < -0.39 is 0 Å². The Balaban J connectivity index is 1.69. The maximum atomic E-state index is 12.5. The summed E-state index contributed by atoms with van der Waals surface area (Å²) in [6.45, 7) is 7.05. The van der Waals surface area contributed by atoms with E-state index in [1.165, 1.54) is 0 Å². The van der Waals surface area contributed by atoms with Gasteiger partial charge in [-0.05, 0) is 24.2 Å². The van der Waals surface area contributed by atoms with Gasteiger partial charge in [0, 0.05) is 33.2 Å². The molecule has 24 heavy (non-hydrogen) atoms. The van der Waals surface area contributed by atoms with Crippen LogP contribution in [0.4, 0.5) is 5.69 Å². The molecule has 0 unspecified atom stereocenters. The Bertz CT molecular complexity index is 624. The van der Waals surface area contributed by atoms with Gasteiger partial charge in [0.05, 0.1) is 25.1 Å². The number of carbonyl (C=O) groups is 2. The predicted molar refractivity (Wildman–Crippen MR) is 92.4 cm³/mol. The van der Waals surface area contributed by atoms with E-state index in [-0.39, 0.29) is 11.8 Å². The number of fused-ring (bicyclic) bond motifs is 1. The normalized spacial score (nSPS) is 18.8. The van der Waals surface area contributed by atoms with Crippen molar-refractivity contribution >= 4 is 17.5 Å². The summed E-state index contributed by atoms with van der Waals surface area (Å²) in [4.78, 5) is 30.4. The Morgan fingerprint density at radius 2 is 1.96 bits per heavy atom. The Morgan fingerprint density at radius 3 is 2.67 bits per heavy atom. The van der Waals surface area contributed by atoms with E-state index in [0.29, 0.717) is 25.2 Å². The first-order valence-corrected chi connectivity index (χ1v) is 8.61. The lowest BCUT2D eigenvalue weighted by Crippen LogP contribution is -2.48. The molecule has 6 heteroatoms. The van der Waals surface area contributed by atoms with Gasteiger partial charge < -0.3 is 19.4 Å². The van der Waals surface area contributed by atoms with Crippen molar-refractivity contribution in [2.75, 3.05) is 51.3 Å². The van der Waals surface area contributed by atoms with Crippen molar-refractivity contribution in [2.24, 2.45) is 0 Å². The molecule has 0 bridgehead atoms. The molecule has 0 atom stereocenters. The van der Waals surface area contributed by atoms with Gasteiger partial charge in [-0.1, -0.05) is 13.0 Å². The first-order valence-electron chi connectivity index (χ1n) is 8.61. The van der Waals surface area contributed by atoms with Gasteiger partial charge >= 0.3 is 0 Å². The maximum Gasteiger partial charge on any atom is 0.230 e. The van der Waals surface area contributed by atoms with Gasteiger partial charge in [-0.15, -0.1) is 0 Å². The van der Waals surface area contributed by atoms with Gasteiger partial charge in [0.2, 0.25) is 11.8 Å². The molecule has 0 radical (unpaired) electrons. The Kier molecular flexibility index (Phi) is 5.04. The summed E-state index contributed by atoms with van der Waals surface area (Å²) in [5.41, 5.74) is 1.67. The average molecular weight is 331 g/mol. The smallest absolute Gasteiger partial charge is 0.230 e. The first kappa shape index (κ1) is 16.8. The number of carbonyl (C=O) groups excluding carboxylic acids is 2. The summed E-state index contributed by atoms with van der Waals surface area (Å²) in [5.74, 6) is 0.887. The van der Waals surface area contributed by atoms with Crippen LogP contribution in [-0.4, -0.2) is 68.0 Å². The fourth-order valence-corrected chi connectivity index (χ4v) is 3.21. The zero-order valence-electron chi connectivity index (χ0n) is 14.5. The minimum absolute atomic E-state index is 0.0351. The van der Waals surface area contributed by atoms with E-state index in [9.17, 15) is 9.59 Å². The number of anilines is 1. The molecule has 0 aromatic heterocycles. The number of nitrogens with zero attached hydrogens (tertiary/aromatic N) is 3. The third-order valence-electron chi connectivity index (χ3n) is 4.86. The quantitative estimate of drug-likeness (QED) is 0.833. The standard InChI is InChI=1S/C18H25N3O3/c1-3-20-7-9-21(10-8-20)18(23)13-14-4-5-16-15(12-14)19(2)17(22)6-11-24-16/h4-5,12H,3,6-11,13H2,1-2H3. The number of piperazine rings is 1. The Labute approximate surface area is 143 Å². The van der Waals surface area contributed by atoms with Crippen LogP contribution >= 0.6 is 0 Å². The molecule has 3 rings (SSSR count). The monoisotopic (exact) mass is 331 g/mol. The number of hydrogen-bond acceptors (Lipinski definition) is 4. The summed E-state index contributed by atoms with van der Waals surface area (Å²) >= 11 is 0. The number of amides is 2. The van der Waals surface area contributed by atoms with Crippen LogP contribution in [0.25, 0.3) is 0 Å². The van der Waals surface area contributed by atoms with Crippen LogP contribution in [0.3, 0.4) is 0 Å². The fraction of sp³-hybridized carbons (Fsp3) is 0.556. The minimum Gasteiger partial charge on any atom is -0.491 e. The van der Waals surface area contributed by atoms with Crippen LogP contribution in [0.2, 0.25) is 0 Å². The highest BCUT2D eigenvalue weighted by molar-refractivity contribution is 5.95. The van der Waals surface area contributed by atoms with E-state index in [4.69, 9.17) is 4.74 Å². The van der Waals surface area contributed by atoms with E-state index in [2.05, 4.69) is 11.8 Å². The Hall–Kier alpha value is -2.08. The highest BCUT2D eigenvalue weighted by atomic mass is 16.5. The third-order valence-corrected chi connectivity index (χ3v) is 4.86. The zero-order chi connectivity index (χ0) is 17.1. The van der Waals surface area contributed by atoms with E-state index in [0.717, 1.165) is 44.0 Å². The second kappa shape index (κ2) is 7.21. The van der Waals surface area contributed by atoms with Gasteiger partial charge in [0.1, 0.15) is 5.75 Å². The second-order valence-electron chi connectivity index (χ2n) is 6.35. The zero-order valence-corrected chi connectivity index (χ0v) is 14.5. The van der Waals surface area contributed by atoms with Gasteiger partial charge in [-0.2, -0.15) is 0 Å². The topological polar surface area (TPSA) is 53.1 Å². The molecule has 2 heterocycles. The molecule has 1 saturated heterocycles. The van der Waals surface area contributed by atoms with Crippen LogP contribution < -0.4 is 9.64 Å². The molecular formula is C18H25N3O3. The number of rotatable bonds is 3. The number of benzene rings is 1. The molecule has 1 aromatic rings. The van der Waals surface area contributed by atoms with Crippen molar-refractivity contribution in [2.45, 2.75) is 19.8 Å². The lowest BCUT2D eigenvalue weighted by atomic mass is 10.1. The molecule has 2 amide bonds. The summed E-state index contributed by atoms with van der Waals surface area (Å²) in [6.07, 6.45) is 0.739. The van der Waals surface area contributed by atoms with Crippen LogP contribution in [0.1, 0.15) is 18.9 Å². The number of hydrogen-bond donors (Lipinski definition) is 0.